The summed E-state index contributed by atoms with van der Waals surface area (Å²) in [4.78, 5) is 0. The standard InChI is InChI=1S/C23H44O5/c1-2-3-4-5-6-7-8-9-10-11-12-13-14-15-16-17-27-18-21(25)23-22(26)20(24)19-28-23/h12-13,20-26H,2-11,14-19H2,1H3/b13-12+/t20-,21+,22-,23-/m0/s1. The van der Waals surface area contributed by atoms with Gasteiger partial charge < -0.3 is 24.8 Å². The van der Waals surface area contributed by atoms with E-state index in [2.05, 4.69) is 19.1 Å². The van der Waals surface area contributed by atoms with Crippen molar-refractivity contribution in [2.45, 2.75) is 115 Å². The van der Waals surface area contributed by atoms with Crippen molar-refractivity contribution >= 4 is 0 Å². The SMILES string of the molecule is CCCCCCCCCCC/C=C/CCCCOC[C@@H](O)[C@@H]1OC[C@H](O)[C@@H]1O. The van der Waals surface area contributed by atoms with Crippen molar-refractivity contribution in [1.82, 2.24) is 0 Å². The van der Waals surface area contributed by atoms with Gasteiger partial charge in [0.1, 0.15) is 24.4 Å². The third-order valence-corrected chi connectivity index (χ3v) is 5.41. The number of hydrogen-bond acceptors (Lipinski definition) is 5. The van der Waals surface area contributed by atoms with Crippen molar-refractivity contribution in [3.8, 4) is 0 Å². The van der Waals surface area contributed by atoms with E-state index in [-0.39, 0.29) is 13.2 Å². The van der Waals surface area contributed by atoms with Gasteiger partial charge in [-0.15, -0.1) is 0 Å². The fraction of sp³-hybridized carbons (Fsp3) is 0.913. The maximum Gasteiger partial charge on any atom is 0.114 e. The predicted octanol–water partition coefficient (Wildman–Crippen LogP) is 4.13. The van der Waals surface area contributed by atoms with E-state index in [1.165, 1.54) is 64.2 Å². The second-order valence-electron chi connectivity index (χ2n) is 8.08. The summed E-state index contributed by atoms with van der Waals surface area (Å²) >= 11 is 0. The van der Waals surface area contributed by atoms with Crippen molar-refractivity contribution in [3.63, 3.8) is 0 Å². The summed E-state index contributed by atoms with van der Waals surface area (Å²) in [5.74, 6) is 0. The zero-order chi connectivity index (χ0) is 20.5. The lowest BCUT2D eigenvalue weighted by atomic mass is 10.1. The maximum absolute atomic E-state index is 9.93. The molecule has 5 nitrogen and oxygen atoms in total. The molecule has 0 unspecified atom stereocenters. The molecule has 0 saturated carbocycles. The first-order valence-corrected chi connectivity index (χ1v) is 11.5. The van der Waals surface area contributed by atoms with Crippen LogP contribution in [0.15, 0.2) is 12.2 Å². The molecule has 4 atom stereocenters. The van der Waals surface area contributed by atoms with Gasteiger partial charge in [0.15, 0.2) is 0 Å². The Hall–Kier alpha value is -0.460. The number of aliphatic hydroxyl groups excluding tert-OH is 3. The monoisotopic (exact) mass is 400 g/mol. The summed E-state index contributed by atoms with van der Waals surface area (Å²) < 4.78 is 10.6. The molecule has 166 valence electrons. The van der Waals surface area contributed by atoms with Gasteiger partial charge in [0.05, 0.1) is 13.2 Å². The van der Waals surface area contributed by atoms with Gasteiger partial charge >= 0.3 is 0 Å². The van der Waals surface area contributed by atoms with Crippen LogP contribution in [0.1, 0.15) is 90.4 Å². The summed E-state index contributed by atoms with van der Waals surface area (Å²) in [5, 5.41) is 29.0. The van der Waals surface area contributed by atoms with Gasteiger partial charge in [-0.3, -0.25) is 0 Å². The Labute approximate surface area is 172 Å². The lowest BCUT2D eigenvalue weighted by Crippen LogP contribution is -2.40. The van der Waals surface area contributed by atoms with Gasteiger partial charge in [0.25, 0.3) is 0 Å². The molecule has 5 heteroatoms. The molecule has 1 saturated heterocycles. The average molecular weight is 401 g/mol. The smallest absolute Gasteiger partial charge is 0.114 e. The Balaban J connectivity index is 1.81. The molecule has 1 aliphatic rings. The number of aliphatic hydroxyl groups is 3. The number of allylic oxidation sites excluding steroid dienone is 2. The highest BCUT2D eigenvalue weighted by Gasteiger charge is 2.39. The number of ether oxygens (including phenoxy) is 2. The highest BCUT2D eigenvalue weighted by atomic mass is 16.5. The summed E-state index contributed by atoms with van der Waals surface area (Å²) in [6, 6.07) is 0. The summed E-state index contributed by atoms with van der Waals surface area (Å²) in [5.41, 5.74) is 0. The molecule has 0 aromatic rings. The molecule has 0 aromatic carbocycles. The van der Waals surface area contributed by atoms with E-state index in [1.807, 2.05) is 0 Å². The van der Waals surface area contributed by atoms with Crippen molar-refractivity contribution in [2.75, 3.05) is 19.8 Å². The topological polar surface area (TPSA) is 79.2 Å². The Morgan fingerprint density at radius 3 is 2.04 bits per heavy atom. The van der Waals surface area contributed by atoms with Crippen molar-refractivity contribution in [3.05, 3.63) is 12.2 Å². The van der Waals surface area contributed by atoms with Crippen LogP contribution in [0.4, 0.5) is 0 Å². The fourth-order valence-corrected chi connectivity index (χ4v) is 3.54. The van der Waals surface area contributed by atoms with E-state index in [0.717, 1.165) is 19.3 Å². The first kappa shape index (κ1) is 25.6. The quantitative estimate of drug-likeness (QED) is 0.238. The number of hydrogen-bond donors (Lipinski definition) is 3. The molecule has 0 spiro atoms. The highest BCUT2D eigenvalue weighted by molar-refractivity contribution is 4.87. The van der Waals surface area contributed by atoms with Crippen LogP contribution in [0, 0.1) is 0 Å². The van der Waals surface area contributed by atoms with Crippen LogP contribution in [0.25, 0.3) is 0 Å². The van der Waals surface area contributed by atoms with Crippen molar-refractivity contribution < 1.29 is 24.8 Å². The van der Waals surface area contributed by atoms with Crippen LogP contribution in [-0.4, -0.2) is 59.6 Å². The molecule has 0 radical (unpaired) electrons. The molecule has 28 heavy (non-hydrogen) atoms. The number of unbranched alkanes of at least 4 members (excludes halogenated alkanes) is 11. The summed E-state index contributed by atoms with van der Waals surface area (Å²) in [6.07, 6.45) is 17.6. The lowest BCUT2D eigenvalue weighted by molar-refractivity contribution is -0.0813. The van der Waals surface area contributed by atoms with Gasteiger partial charge in [0, 0.05) is 6.61 Å². The third kappa shape index (κ3) is 12.2. The summed E-state index contributed by atoms with van der Waals surface area (Å²) in [7, 11) is 0. The van der Waals surface area contributed by atoms with Gasteiger partial charge in [-0.1, -0.05) is 70.4 Å². The zero-order valence-electron chi connectivity index (χ0n) is 17.9. The van der Waals surface area contributed by atoms with Crippen LogP contribution >= 0.6 is 0 Å². The van der Waals surface area contributed by atoms with E-state index in [4.69, 9.17) is 9.47 Å². The second-order valence-corrected chi connectivity index (χ2v) is 8.08. The largest absolute Gasteiger partial charge is 0.388 e. The minimum absolute atomic E-state index is 0.0638. The molecule has 1 heterocycles. The lowest BCUT2D eigenvalue weighted by Gasteiger charge is -2.20. The Bertz CT molecular complexity index is 374. The first-order chi connectivity index (χ1) is 13.7. The van der Waals surface area contributed by atoms with E-state index in [1.54, 1.807) is 0 Å². The van der Waals surface area contributed by atoms with E-state index < -0.39 is 24.4 Å². The normalized spacial score (nSPS) is 23.6. The fourth-order valence-electron chi connectivity index (χ4n) is 3.54. The Morgan fingerprint density at radius 1 is 0.893 bits per heavy atom. The predicted molar refractivity (Wildman–Crippen MR) is 113 cm³/mol. The molecule has 0 bridgehead atoms. The van der Waals surface area contributed by atoms with Crippen LogP contribution in [0.5, 0.6) is 0 Å². The van der Waals surface area contributed by atoms with Crippen molar-refractivity contribution in [2.24, 2.45) is 0 Å². The molecule has 3 N–H and O–H groups in total. The van der Waals surface area contributed by atoms with E-state index >= 15 is 0 Å². The van der Waals surface area contributed by atoms with Crippen molar-refractivity contribution in [1.29, 1.82) is 0 Å². The second kappa shape index (κ2) is 17.4. The van der Waals surface area contributed by atoms with Gasteiger partial charge in [0.2, 0.25) is 0 Å². The minimum atomic E-state index is -1.03. The molecular weight excluding hydrogens is 356 g/mol. The van der Waals surface area contributed by atoms with E-state index in [9.17, 15) is 15.3 Å². The number of rotatable bonds is 18. The van der Waals surface area contributed by atoms with Crippen LogP contribution in [0.3, 0.4) is 0 Å². The van der Waals surface area contributed by atoms with Gasteiger partial charge in [-0.05, 0) is 32.1 Å². The van der Waals surface area contributed by atoms with E-state index in [0.29, 0.717) is 6.61 Å². The molecule has 0 aliphatic carbocycles. The average Bonchev–Trinajstić information content (AvgIpc) is 3.03. The highest BCUT2D eigenvalue weighted by Crippen LogP contribution is 2.18. The zero-order valence-corrected chi connectivity index (χ0v) is 17.9. The van der Waals surface area contributed by atoms with Gasteiger partial charge in [-0.2, -0.15) is 0 Å². The Kier molecular flexibility index (Phi) is 15.9. The van der Waals surface area contributed by atoms with Crippen LogP contribution < -0.4 is 0 Å². The minimum Gasteiger partial charge on any atom is -0.388 e. The molecule has 0 aromatic heterocycles. The van der Waals surface area contributed by atoms with Crippen LogP contribution in [0.2, 0.25) is 0 Å². The molecule has 1 aliphatic heterocycles. The first-order valence-electron chi connectivity index (χ1n) is 11.5. The maximum atomic E-state index is 9.93. The molecule has 1 rings (SSSR count). The Morgan fingerprint density at radius 2 is 1.46 bits per heavy atom. The molecule has 0 amide bonds. The van der Waals surface area contributed by atoms with Gasteiger partial charge in [-0.25, -0.2) is 0 Å². The summed E-state index contributed by atoms with van der Waals surface area (Å²) in [6.45, 7) is 3.05. The molecular formula is C23H44O5. The van der Waals surface area contributed by atoms with Crippen LogP contribution in [-0.2, 0) is 9.47 Å². The third-order valence-electron chi connectivity index (χ3n) is 5.41. The molecule has 1 fully saturated rings.